The van der Waals surface area contributed by atoms with E-state index in [1.165, 1.54) is 98.1 Å². The lowest BCUT2D eigenvalue weighted by Crippen LogP contribution is -2.11. The van der Waals surface area contributed by atoms with Crippen LogP contribution in [0.5, 0.6) is 23.0 Å². The number of carbonyl (C=O) groups is 2. The van der Waals surface area contributed by atoms with E-state index in [1.807, 2.05) is 0 Å². The number of hydrogen-bond acceptors (Lipinski definition) is 19. The van der Waals surface area contributed by atoms with Gasteiger partial charge in [-0.1, -0.05) is 0 Å². The molecule has 0 aliphatic heterocycles. The lowest BCUT2D eigenvalue weighted by atomic mass is 10.1. The summed E-state index contributed by atoms with van der Waals surface area (Å²) >= 11 is 2.40. The largest absolute Gasteiger partial charge is 0.497 e. The lowest BCUT2D eigenvalue weighted by molar-refractivity contribution is -0.142. The van der Waals surface area contributed by atoms with Crippen LogP contribution in [-0.2, 0) is 17.1 Å². The minimum absolute atomic E-state index is 0.0135. The second kappa shape index (κ2) is 23.5. The van der Waals surface area contributed by atoms with Gasteiger partial charge < -0.3 is 39.4 Å². The molecular formula is C49H44F6N12O8S2. The Bertz CT molecular complexity index is 3440. The summed E-state index contributed by atoms with van der Waals surface area (Å²) in [6.45, 7) is 2.93. The van der Waals surface area contributed by atoms with Crippen molar-refractivity contribution in [1.29, 1.82) is 0 Å². The standard InChI is InChI=1S/C25H23F3N6O4S.C24H21F3N6O4S/c1-13-6-20(25(26,27)28)33-34(13)21-19(14-7-18(23(35)38-4)22(39-5)29-11-14)12-30-24(32-21)31-15-8-16(36-2)10-17(9-15)37-3;1-12-5-19(24(25,26)27)32-33(12)20-18(13-6-17(22(34)35)21(38-4)28-10-13)11-29-23(31-20)30-14-7-15(36-2)9-16(8-14)37-3/h6-12H,1-5H3,(H,30,31,32);5-11H,1-4H3,(H,34,35)(H,29,30,31). The zero-order chi connectivity index (χ0) is 55.9. The third kappa shape index (κ3) is 12.9. The maximum absolute atomic E-state index is 13.5. The van der Waals surface area contributed by atoms with Crippen LogP contribution < -0.4 is 29.6 Å². The SMILES string of the molecule is COC(=O)c1cc(-c2cnc(Nc3cc(OC)cc(OC)c3)nc2-n2nc(C(F)(F)F)cc2C)cnc1SC.COc1cc(Nc2ncc(-c3cnc(SC)c(C(=O)O)c3)c(-n3nc(C(F)(F)F)cc3C)n2)cc(OC)c1. The predicted octanol–water partition coefficient (Wildman–Crippen LogP) is 10.6. The third-order valence-corrected chi connectivity index (χ3v) is 12.3. The second-order valence-corrected chi connectivity index (χ2v) is 17.4. The predicted molar refractivity (Wildman–Crippen MR) is 272 cm³/mol. The third-order valence-electron chi connectivity index (χ3n) is 10.9. The van der Waals surface area contributed by atoms with E-state index < -0.39 is 35.7 Å². The quantitative estimate of drug-likeness (QED) is 0.0463. The molecule has 0 radical (unpaired) electrons. The average Bonchev–Trinajstić information content (AvgIpc) is 4.05. The highest BCUT2D eigenvalue weighted by Gasteiger charge is 2.36. The van der Waals surface area contributed by atoms with Crippen molar-refractivity contribution in [2.75, 3.05) is 58.7 Å². The van der Waals surface area contributed by atoms with Gasteiger partial charge in [0.2, 0.25) is 11.9 Å². The van der Waals surface area contributed by atoms with Gasteiger partial charge in [-0.05, 0) is 50.6 Å². The number of thioether (sulfide) groups is 2. The van der Waals surface area contributed by atoms with Crippen molar-refractivity contribution in [1.82, 2.24) is 49.5 Å². The number of rotatable bonds is 16. The number of esters is 1. The maximum atomic E-state index is 13.5. The molecule has 0 aliphatic rings. The maximum Gasteiger partial charge on any atom is 0.435 e. The van der Waals surface area contributed by atoms with Gasteiger partial charge in [-0.3, -0.25) is 0 Å². The smallest absolute Gasteiger partial charge is 0.435 e. The van der Waals surface area contributed by atoms with Gasteiger partial charge in [0.25, 0.3) is 0 Å². The Morgan fingerprint density at radius 3 is 1.25 bits per heavy atom. The van der Waals surface area contributed by atoms with Crippen molar-refractivity contribution in [3.63, 3.8) is 0 Å². The average molecular weight is 1110 g/mol. The molecule has 8 rings (SSSR count). The molecular weight excluding hydrogens is 1060 g/mol. The van der Waals surface area contributed by atoms with Crippen molar-refractivity contribution in [2.45, 2.75) is 36.3 Å². The number of carboxylic acid groups (broad SMARTS) is 1. The number of pyridine rings is 2. The lowest BCUT2D eigenvalue weighted by Gasteiger charge is -2.15. The molecule has 3 N–H and O–H groups in total. The fourth-order valence-corrected chi connectivity index (χ4v) is 8.25. The Morgan fingerprint density at radius 2 is 0.922 bits per heavy atom. The van der Waals surface area contributed by atoms with E-state index in [-0.39, 0.29) is 67.8 Å². The van der Waals surface area contributed by atoms with Crippen LogP contribution in [0.2, 0.25) is 0 Å². The highest BCUT2D eigenvalue weighted by atomic mass is 32.2. The minimum atomic E-state index is -4.68. The minimum Gasteiger partial charge on any atom is -0.497 e. The number of nitrogens with one attached hydrogen (secondary N) is 2. The van der Waals surface area contributed by atoms with Crippen LogP contribution in [0.3, 0.4) is 0 Å². The first-order valence-electron chi connectivity index (χ1n) is 22.0. The van der Waals surface area contributed by atoms with Crippen molar-refractivity contribution in [3.05, 3.63) is 119 Å². The van der Waals surface area contributed by atoms with E-state index in [0.717, 1.165) is 33.3 Å². The van der Waals surface area contributed by atoms with Gasteiger partial charge in [-0.15, -0.1) is 23.5 Å². The Balaban J connectivity index is 0.000000224. The molecule has 28 heteroatoms. The summed E-state index contributed by atoms with van der Waals surface area (Å²) in [5.41, 5.74) is 0.439. The molecule has 8 aromatic rings. The normalized spacial score (nSPS) is 11.3. The molecule has 0 atom stereocenters. The van der Waals surface area contributed by atoms with Gasteiger partial charge in [-0.2, -0.15) is 46.5 Å². The number of methoxy groups -OCH3 is 5. The van der Waals surface area contributed by atoms with Crippen LogP contribution in [0, 0.1) is 13.8 Å². The summed E-state index contributed by atoms with van der Waals surface area (Å²) in [6, 6.07) is 14.7. The van der Waals surface area contributed by atoms with E-state index in [1.54, 1.807) is 48.9 Å². The molecule has 0 fully saturated rings. The first-order chi connectivity index (χ1) is 36.6. The number of benzene rings is 2. The Morgan fingerprint density at radius 1 is 0.545 bits per heavy atom. The fraction of sp³-hybridized carbons (Fsp3) is 0.224. The molecule has 0 amide bonds. The Labute approximate surface area is 442 Å². The van der Waals surface area contributed by atoms with Crippen LogP contribution in [-0.4, -0.2) is 115 Å². The monoisotopic (exact) mass is 1110 g/mol. The van der Waals surface area contributed by atoms with Crippen LogP contribution in [0.1, 0.15) is 43.5 Å². The van der Waals surface area contributed by atoms with Crippen LogP contribution >= 0.6 is 23.5 Å². The topological polar surface area (TPSA) is 238 Å². The van der Waals surface area contributed by atoms with Crippen LogP contribution in [0.4, 0.5) is 49.6 Å². The van der Waals surface area contributed by atoms with E-state index in [9.17, 15) is 41.0 Å². The number of nitrogens with zero attached hydrogens (tertiary/aromatic N) is 10. The summed E-state index contributed by atoms with van der Waals surface area (Å²) in [4.78, 5) is 50.3. The number of aryl methyl sites for hydroxylation is 2. The number of carbonyl (C=O) groups excluding carboxylic acids is 1. The summed E-state index contributed by atoms with van der Waals surface area (Å²) in [6.07, 6.45) is -0.259. The molecule has 0 saturated carbocycles. The summed E-state index contributed by atoms with van der Waals surface area (Å²) < 4.78 is 109. The number of anilines is 4. The molecule has 0 aliphatic carbocycles. The van der Waals surface area contributed by atoms with E-state index in [2.05, 4.69) is 50.7 Å². The van der Waals surface area contributed by atoms with Crippen molar-refractivity contribution < 1.29 is 64.7 Å². The molecule has 0 saturated heterocycles. The number of carboxylic acids is 1. The zero-order valence-electron chi connectivity index (χ0n) is 41.9. The molecule has 0 spiro atoms. The molecule has 402 valence electrons. The molecule has 6 aromatic heterocycles. The van der Waals surface area contributed by atoms with Crippen LogP contribution in [0.25, 0.3) is 33.9 Å². The Hall–Kier alpha value is -8.66. The first kappa shape index (κ1) is 56.1. The molecule has 0 unspecified atom stereocenters. The first-order valence-corrected chi connectivity index (χ1v) is 24.5. The molecule has 2 aromatic carbocycles. The van der Waals surface area contributed by atoms with Gasteiger partial charge >= 0.3 is 24.3 Å². The van der Waals surface area contributed by atoms with Gasteiger partial charge in [0.15, 0.2) is 23.0 Å². The molecule has 20 nitrogen and oxygen atoms in total. The van der Waals surface area contributed by atoms with Crippen molar-refractivity contribution >= 4 is 58.7 Å². The second-order valence-electron chi connectivity index (χ2n) is 15.8. The molecule has 0 bridgehead atoms. The van der Waals surface area contributed by atoms with Gasteiger partial charge in [-0.25, -0.2) is 38.9 Å². The number of ether oxygens (including phenoxy) is 5. The van der Waals surface area contributed by atoms with Crippen molar-refractivity contribution in [3.8, 4) is 56.9 Å². The molecule has 77 heavy (non-hydrogen) atoms. The van der Waals surface area contributed by atoms with Gasteiger partial charge in [0, 0.05) is 106 Å². The number of aromatic carboxylic acids is 1. The Kier molecular flexibility index (Phi) is 17.1. The number of alkyl halides is 6. The summed E-state index contributed by atoms with van der Waals surface area (Å²) in [5, 5.41) is 23.8. The van der Waals surface area contributed by atoms with E-state index in [4.69, 9.17) is 23.7 Å². The van der Waals surface area contributed by atoms with Crippen molar-refractivity contribution in [2.24, 2.45) is 0 Å². The van der Waals surface area contributed by atoms with Gasteiger partial charge in [0.1, 0.15) is 33.0 Å². The summed E-state index contributed by atoms with van der Waals surface area (Å²) in [5.74, 6) is 0.282. The van der Waals surface area contributed by atoms with E-state index >= 15 is 0 Å². The van der Waals surface area contributed by atoms with Crippen LogP contribution in [0.15, 0.2) is 95.5 Å². The highest BCUT2D eigenvalue weighted by Crippen LogP contribution is 2.37. The molecule has 6 heterocycles. The highest BCUT2D eigenvalue weighted by molar-refractivity contribution is 7.98. The van der Waals surface area contributed by atoms with E-state index in [0.29, 0.717) is 45.0 Å². The number of hydrogen-bond donors (Lipinski definition) is 3. The summed E-state index contributed by atoms with van der Waals surface area (Å²) in [7, 11) is 7.22. The fourth-order valence-electron chi connectivity index (χ4n) is 7.20. The van der Waals surface area contributed by atoms with Gasteiger partial charge in [0.05, 0.1) is 46.7 Å². The number of aromatic nitrogens is 10. The number of halogens is 6. The zero-order valence-corrected chi connectivity index (χ0v) is 43.6.